The zero-order chi connectivity index (χ0) is 24.9. The maximum Gasteiger partial charge on any atom is 0.415 e. The standard InChI is InChI=1S/C26H34FNO6/c1-4-32-24(25(29)30)17-20-10-12-22(13-11-20)33-16-15-28(14-6-7-19(2)3)26(31)34-23-9-5-8-21(27)18-23/h5,8-13,18-19,24H,4,6-7,14-17H2,1-3H3,(H,29,30). The SMILES string of the molecule is CCOC(Cc1ccc(OCCN(CCCC(C)C)C(=O)Oc2cccc(F)c2)cc1)C(=O)O. The van der Waals surface area contributed by atoms with E-state index < -0.39 is 24.0 Å². The first-order valence-corrected chi connectivity index (χ1v) is 11.6. The Kier molecular flexibility index (Phi) is 11.3. The van der Waals surface area contributed by atoms with E-state index in [-0.39, 0.29) is 18.8 Å². The molecule has 7 nitrogen and oxygen atoms in total. The van der Waals surface area contributed by atoms with E-state index in [1.807, 2.05) is 0 Å². The number of benzene rings is 2. The van der Waals surface area contributed by atoms with E-state index in [4.69, 9.17) is 14.2 Å². The van der Waals surface area contributed by atoms with Gasteiger partial charge in [-0.3, -0.25) is 0 Å². The third kappa shape index (κ3) is 9.79. The van der Waals surface area contributed by atoms with Crippen molar-refractivity contribution in [2.24, 2.45) is 5.92 Å². The van der Waals surface area contributed by atoms with Crippen molar-refractivity contribution in [1.29, 1.82) is 0 Å². The summed E-state index contributed by atoms with van der Waals surface area (Å²) >= 11 is 0. The van der Waals surface area contributed by atoms with Crippen LogP contribution >= 0.6 is 0 Å². The average molecular weight is 476 g/mol. The maximum atomic E-state index is 13.4. The van der Waals surface area contributed by atoms with E-state index in [0.29, 0.717) is 31.4 Å². The molecule has 0 aliphatic rings. The molecule has 0 saturated heterocycles. The van der Waals surface area contributed by atoms with Gasteiger partial charge in [-0.15, -0.1) is 0 Å². The van der Waals surface area contributed by atoms with E-state index >= 15 is 0 Å². The fourth-order valence-electron chi connectivity index (χ4n) is 3.31. The largest absolute Gasteiger partial charge is 0.492 e. The molecule has 0 heterocycles. The zero-order valence-corrected chi connectivity index (χ0v) is 20.0. The lowest BCUT2D eigenvalue weighted by molar-refractivity contribution is -0.149. The van der Waals surface area contributed by atoms with Crippen LogP contribution in [0.1, 0.15) is 39.2 Å². The Balaban J connectivity index is 1.91. The Labute approximate surface area is 200 Å². The van der Waals surface area contributed by atoms with Crippen molar-refractivity contribution in [3.63, 3.8) is 0 Å². The van der Waals surface area contributed by atoms with Gasteiger partial charge in [0.05, 0.1) is 6.54 Å². The van der Waals surface area contributed by atoms with Gasteiger partial charge in [0, 0.05) is 25.6 Å². The Hall–Kier alpha value is -3.13. The zero-order valence-electron chi connectivity index (χ0n) is 20.0. The summed E-state index contributed by atoms with van der Waals surface area (Å²) in [6.07, 6.45) is 0.600. The molecule has 0 aliphatic heterocycles. The summed E-state index contributed by atoms with van der Waals surface area (Å²) in [4.78, 5) is 25.5. The highest BCUT2D eigenvalue weighted by atomic mass is 19.1. The van der Waals surface area contributed by atoms with Crippen LogP contribution in [0.5, 0.6) is 11.5 Å². The molecule has 34 heavy (non-hydrogen) atoms. The first-order valence-electron chi connectivity index (χ1n) is 11.6. The van der Waals surface area contributed by atoms with Gasteiger partial charge < -0.3 is 24.2 Å². The van der Waals surface area contributed by atoms with Crippen LogP contribution in [0.2, 0.25) is 0 Å². The Morgan fingerprint density at radius 1 is 1.06 bits per heavy atom. The lowest BCUT2D eigenvalue weighted by Gasteiger charge is -2.22. The fourth-order valence-corrected chi connectivity index (χ4v) is 3.31. The van der Waals surface area contributed by atoms with Crippen molar-refractivity contribution >= 4 is 12.1 Å². The summed E-state index contributed by atoms with van der Waals surface area (Å²) in [7, 11) is 0. The van der Waals surface area contributed by atoms with Crippen molar-refractivity contribution in [3.8, 4) is 11.5 Å². The van der Waals surface area contributed by atoms with Crippen LogP contribution in [0.4, 0.5) is 9.18 Å². The quantitative estimate of drug-likeness (QED) is 0.406. The van der Waals surface area contributed by atoms with E-state index in [0.717, 1.165) is 18.4 Å². The molecule has 1 amide bonds. The van der Waals surface area contributed by atoms with Gasteiger partial charge in [0.2, 0.25) is 0 Å². The molecule has 0 fully saturated rings. The lowest BCUT2D eigenvalue weighted by atomic mass is 10.1. The van der Waals surface area contributed by atoms with Crippen LogP contribution < -0.4 is 9.47 Å². The minimum atomic E-state index is -0.995. The van der Waals surface area contributed by atoms with Gasteiger partial charge in [-0.1, -0.05) is 32.0 Å². The molecule has 8 heteroatoms. The molecule has 1 N–H and O–H groups in total. The van der Waals surface area contributed by atoms with Crippen LogP contribution in [0.15, 0.2) is 48.5 Å². The molecule has 186 valence electrons. The number of carbonyl (C=O) groups is 2. The van der Waals surface area contributed by atoms with Crippen LogP contribution in [-0.4, -0.2) is 54.5 Å². The maximum absolute atomic E-state index is 13.4. The normalized spacial score (nSPS) is 11.8. The molecule has 2 rings (SSSR count). The number of carbonyl (C=O) groups excluding carboxylic acids is 1. The van der Waals surface area contributed by atoms with Crippen molar-refractivity contribution in [3.05, 3.63) is 59.9 Å². The number of rotatable bonds is 14. The third-order valence-corrected chi connectivity index (χ3v) is 5.09. The van der Waals surface area contributed by atoms with Crippen LogP contribution in [-0.2, 0) is 16.0 Å². The second-order valence-electron chi connectivity index (χ2n) is 8.33. The molecule has 0 saturated carbocycles. The summed E-state index contributed by atoms with van der Waals surface area (Å²) in [5.41, 5.74) is 0.821. The van der Waals surface area contributed by atoms with Crippen LogP contribution in [0.3, 0.4) is 0 Å². The molecule has 0 spiro atoms. The molecule has 0 radical (unpaired) electrons. The number of nitrogens with zero attached hydrogens (tertiary/aromatic N) is 1. The monoisotopic (exact) mass is 475 g/mol. The summed E-state index contributed by atoms with van der Waals surface area (Å²) < 4.78 is 29.8. The van der Waals surface area contributed by atoms with Gasteiger partial charge in [-0.2, -0.15) is 0 Å². The third-order valence-electron chi connectivity index (χ3n) is 5.09. The molecule has 0 bridgehead atoms. The molecule has 1 atom stereocenters. The Morgan fingerprint density at radius 3 is 2.41 bits per heavy atom. The summed E-state index contributed by atoms with van der Waals surface area (Å²) in [5.74, 6) is -0.196. The van der Waals surface area contributed by atoms with Crippen LogP contribution in [0.25, 0.3) is 0 Å². The summed E-state index contributed by atoms with van der Waals surface area (Å²) in [6, 6.07) is 12.6. The number of ether oxygens (including phenoxy) is 3. The number of carboxylic acids is 1. The summed E-state index contributed by atoms with van der Waals surface area (Å²) in [6.45, 7) is 7.38. The topological polar surface area (TPSA) is 85.3 Å². The van der Waals surface area contributed by atoms with Gasteiger partial charge in [0.1, 0.15) is 23.9 Å². The van der Waals surface area contributed by atoms with Gasteiger partial charge in [0.25, 0.3) is 0 Å². The van der Waals surface area contributed by atoms with Gasteiger partial charge >= 0.3 is 12.1 Å². The lowest BCUT2D eigenvalue weighted by Crippen LogP contribution is -2.37. The van der Waals surface area contributed by atoms with Crippen molar-refractivity contribution in [1.82, 2.24) is 4.90 Å². The smallest absolute Gasteiger partial charge is 0.415 e. The molecular weight excluding hydrogens is 441 g/mol. The number of carboxylic acid groups (broad SMARTS) is 1. The second kappa shape index (κ2) is 14.2. The van der Waals surface area contributed by atoms with Gasteiger partial charge in [-0.25, -0.2) is 14.0 Å². The number of amides is 1. The molecular formula is C26H34FNO6. The highest BCUT2D eigenvalue weighted by molar-refractivity contribution is 5.72. The van der Waals surface area contributed by atoms with E-state index in [2.05, 4.69) is 13.8 Å². The second-order valence-corrected chi connectivity index (χ2v) is 8.33. The van der Waals surface area contributed by atoms with Gasteiger partial charge in [0.15, 0.2) is 6.10 Å². The number of halogens is 1. The summed E-state index contributed by atoms with van der Waals surface area (Å²) in [5, 5.41) is 9.22. The molecule has 1 unspecified atom stereocenters. The molecule has 2 aromatic carbocycles. The minimum Gasteiger partial charge on any atom is -0.492 e. The highest BCUT2D eigenvalue weighted by Crippen LogP contribution is 2.16. The minimum absolute atomic E-state index is 0.155. The first kappa shape index (κ1) is 27.1. The first-order chi connectivity index (χ1) is 16.3. The van der Waals surface area contributed by atoms with E-state index in [1.165, 1.54) is 24.3 Å². The van der Waals surface area contributed by atoms with Crippen LogP contribution in [0, 0.1) is 11.7 Å². The average Bonchev–Trinajstić information content (AvgIpc) is 2.78. The predicted molar refractivity (Wildman–Crippen MR) is 127 cm³/mol. The number of aliphatic carboxylic acids is 1. The van der Waals surface area contributed by atoms with Crippen molar-refractivity contribution in [2.75, 3.05) is 26.3 Å². The van der Waals surface area contributed by atoms with Crippen molar-refractivity contribution < 1.29 is 33.3 Å². The number of hydrogen-bond donors (Lipinski definition) is 1. The van der Waals surface area contributed by atoms with E-state index in [9.17, 15) is 19.1 Å². The molecule has 0 aliphatic carbocycles. The molecule has 2 aromatic rings. The molecule has 0 aromatic heterocycles. The fraction of sp³-hybridized carbons (Fsp3) is 0.462. The van der Waals surface area contributed by atoms with E-state index in [1.54, 1.807) is 36.1 Å². The van der Waals surface area contributed by atoms with Gasteiger partial charge in [-0.05, 0) is 55.5 Å². The van der Waals surface area contributed by atoms with Crippen molar-refractivity contribution in [2.45, 2.75) is 46.1 Å². The predicted octanol–water partition coefficient (Wildman–Crippen LogP) is 5.17. The number of hydrogen-bond acceptors (Lipinski definition) is 5. The highest BCUT2D eigenvalue weighted by Gasteiger charge is 2.18. The Bertz CT molecular complexity index is 902. The Morgan fingerprint density at radius 2 is 1.79 bits per heavy atom.